The van der Waals surface area contributed by atoms with Gasteiger partial charge >= 0.3 is 6.18 Å². The summed E-state index contributed by atoms with van der Waals surface area (Å²) in [4.78, 5) is 0. The maximum Gasteiger partial charge on any atom is 0.397 e. The van der Waals surface area contributed by atoms with Crippen molar-refractivity contribution in [2.24, 2.45) is 5.73 Å². The molecule has 0 saturated heterocycles. The zero-order valence-electron chi connectivity index (χ0n) is 8.11. The molecule has 1 unspecified atom stereocenters. The molecule has 0 radical (unpaired) electrons. The molecule has 0 spiro atoms. The Balaban J connectivity index is 3.13. The summed E-state index contributed by atoms with van der Waals surface area (Å²) in [5.41, 5.74) is 5.20. The van der Waals surface area contributed by atoms with Crippen molar-refractivity contribution in [3.63, 3.8) is 0 Å². The summed E-state index contributed by atoms with van der Waals surface area (Å²) < 4.78 is 50.6. The monoisotopic (exact) mass is 221 g/mol. The van der Waals surface area contributed by atoms with Crippen molar-refractivity contribution in [1.29, 1.82) is 0 Å². The van der Waals surface area contributed by atoms with Gasteiger partial charge in [-0.05, 0) is 18.6 Å². The van der Waals surface area contributed by atoms with Crippen molar-refractivity contribution >= 4 is 0 Å². The normalized spacial score (nSPS) is 14.0. The predicted molar refractivity (Wildman–Crippen MR) is 49.0 cm³/mol. The van der Waals surface area contributed by atoms with Gasteiger partial charge in [0.05, 0.1) is 5.92 Å². The molecule has 15 heavy (non-hydrogen) atoms. The van der Waals surface area contributed by atoms with E-state index in [1.165, 1.54) is 6.07 Å². The van der Waals surface area contributed by atoms with Crippen molar-refractivity contribution < 1.29 is 17.6 Å². The first kappa shape index (κ1) is 12.0. The Morgan fingerprint density at radius 2 is 1.93 bits per heavy atom. The fraction of sp³-hybridized carbons (Fsp3) is 0.400. The van der Waals surface area contributed by atoms with Gasteiger partial charge in [0.2, 0.25) is 0 Å². The molecular weight excluding hydrogens is 210 g/mol. The van der Waals surface area contributed by atoms with Gasteiger partial charge in [0.25, 0.3) is 0 Å². The van der Waals surface area contributed by atoms with Gasteiger partial charge in [-0.3, -0.25) is 0 Å². The lowest BCUT2D eigenvalue weighted by Crippen LogP contribution is -2.28. The number of hydrogen-bond donors (Lipinski definition) is 1. The second-order valence-corrected chi connectivity index (χ2v) is 3.35. The zero-order valence-corrected chi connectivity index (χ0v) is 8.11. The molecule has 0 aliphatic rings. The average molecular weight is 221 g/mol. The Kier molecular flexibility index (Phi) is 3.34. The van der Waals surface area contributed by atoms with Gasteiger partial charge in [-0.15, -0.1) is 0 Å². The van der Waals surface area contributed by atoms with E-state index < -0.39 is 30.0 Å². The van der Waals surface area contributed by atoms with Crippen LogP contribution in [0.25, 0.3) is 0 Å². The highest BCUT2D eigenvalue weighted by atomic mass is 19.4. The number of hydrogen-bond acceptors (Lipinski definition) is 1. The Labute approximate surface area is 84.9 Å². The van der Waals surface area contributed by atoms with E-state index in [2.05, 4.69) is 0 Å². The van der Waals surface area contributed by atoms with E-state index in [1.807, 2.05) is 0 Å². The van der Waals surface area contributed by atoms with E-state index >= 15 is 0 Å². The van der Waals surface area contributed by atoms with Gasteiger partial charge in [-0.2, -0.15) is 13.2 Å². The molecule has 0 aromatic heterocycles. The third-order valence-electron chi connectivity index (χ3n) is 2.16. The van der Waals surface area contributed by atoms with Gasteiger partial charge < -0.3 is 5.73 Å². The molecule has 0 saturated carbocycles. The summed E-state index contributed by atoms with van der Waals surface area (Å²) in [6, 6.07) is 3.65. The van der Waals surface area contributed by atoms with Crippen LogP contribution in [0.15, 0.2) is 18.2 Å². The van der Waals surface area contributed by atoms with Crippen LogP contribution in [0, 0.1) is 12.7 Å². The third kappa shape index (κ3) is 2.68. The van der Waals surface area contributed by atoms with Crippen molar-refractivity contribution in [3.8, 4) is 0 Å². The fourth-order valence-corrected chi connectivity index (χ4v) is 1.35. The third-order valence-corrected chi connectivity index (χ3v) is 2.16. The van der Waals surface area contributed by atoms with Crippen LogP contribution < -0.4 is 5.73 Å². The molecule has 0 aliphatic heterocycles. The SMILES string of the molecule is Cc1ccc(C(CN)C(F)(F)F)c(F)c1. The molecule has 0 heterocycles. The highest BCUT2D eigenvalue weighted by Gasteiger charge is 2.40. The molecule has 1 atom stereocenters. The quantitative estimate of drug-likeness (QED) is 0.763. The smallest absolute Gasteiger partial charge is 0.330 e. The maximum absolute atomic E-state index is 13.3. The minimum Gasteiger partial charge on any atom is -0.330 e. The molecule has 1 aromatic carbocycles. The topological polar surface area (TPSA) is 26.0 Å². The first-order valence-corrected chi connectivity index (χ1v) is 4.39. The fourth-order valence-electron chi connectivity index (χ4n) is 1.35. The summed E-state index contributed by atoms with van der Waals surface area (Å²) in [5.74, 6) is -2.79. The van der Waals surface area contributed by atoms with Gasteiger partial charge in [0.15, 0.2) is 0 Å². The van der Waals surface area contributed by atoms with Crippen LogP contribution in [0.4, 0.5) is 17.6 Å². The summed E-state index contributed by atoms with van der Waals surface area (Å²) in [5, 5.41) is 0. The molecule has 0 fully saturated rings. The molecular formula is C10H11F4N. The molecule has 1 rings (SSSR count). The van der Waals surface area contributed by atoms with Gasteiger partial charge in [-0.1, -0.05) is 12.1 Å². The van der Waals surface area contributed by atoms with Gasteiger partial charge in [0.1, 0.15) is 5.82 Å². The van der Waals surface area contributed by atoms with Crippen LogP contribution in [0.5, 0.6) is 0 Å². The van der Waals surface area contributed by atoms with Crippen molar-refractivity contribution in [3.05, 3.63) is 35.1 Å². The Hall–Kier alpha value is -1.10. The Morgan fingerprint density at radius 1 is 1.33 bits per heavy atom. The van der Waals surface area contributed by atoms with Crippen molar-refractivity contribution in [2.75, 3.05) is 6.54 Å². The van der Waals surface area contributed by atoms with Crippen LogP contribution >= 0.6 is 0 Å². The summed E-state index contributed by atoms with van der Waals surface area (Å²) >= 11 is 0. The highest BCUT2D eigenvalue weighted by Crippen LogP contribution is 2.35. The minimum absolute atomic E-state index is 0.393. The lowest BCUT2D eigenvalue weighted by Gasteiger charge is -2.19. The average Bonchev–Trinajstić information content (AvgIpc) is 2.07. The first-order valence-electron chi connectivity index (χ1n) is 4.39. The Bertz CT molecular complexity index is 346. The number of alkyl halides is 3. The van der Waals surface area contributed by atoms with Gasteiger partial charge in [0, 0.05) is 12.1 Å². The molecule has 1 aromatic rings. The molecule has 1 nitrogen and oxygen atoms in total. The molecule has 0 bridgehead atoms. The lowest BCUT2D eigenvalue weighted by atomic mass is 9.97. The number of halogens is 4. The van der Waals surface area contributed by atoms with E-state index in [-0.39, 0.29) is 0 Å². The number of benzene rings is 1. The van der Waals surface area contributed by atoms with E-state index in [9.17, 15) is 17.6 Å². The second-order valence-electron chi connectivity index (χ2n) is 3.35. The Morgan fingerprint density at radius 3 is 2.33 bits per heavy atom. The molecule has 5 heteroatoms. The molecule has 0 amide bonds. The summed E-state index contributed by atoms with van der Waals surface area (Å²) in [6.45, 7) is 0.960. The maximum atomic E-state index is 13.3. The standard InChI is InChI=1S/C10H11F4N/c1-6-2-3-7(9(11)4-6)8(5-15)10(12,13)14/h2-4,8H,5,15H2,1H3. The highest BCUT2D eigenvalue weighted by molar-refractivity contribution is 5.27. The molecule has 2 N–H and O–H groups in total. The van der Waals surface area contributed by atoms with Gasteiger partial charge in [-0.25, -0.2) is 4.39 Å². The number of aryl methyl sites for hydroxylation is 1. The van der Waals surface area contributed by atoms with E-state index in [0.29, 0.717) is 5.56 Å². The van der Waals surface area contributed by atoms with Crippen LogP contribution in [0.2, 0.25) is 0 Å². The molecule has 0 aliphatic carbocycles. The summed E-state index contributed by atoms with van der Waals surface area (Å²) in [6.07, 6.45) is -4.51. The zero-order chi connectivity index (χ0) is 11.6. The molecule has 84 valence electrons. The van der Waals surface area contributed by atoms with Crippen LogP contribution in [0.1, 0.15) is 17.0 Å². The number of rotatable bonds is 2. The van der Waals surface area contributed by atoms with Crippen LogP contribution in [-0.4, -0.2) is 12.7 Å². The number of nitrogens with two attached hydrogens (primary N) is 1. The second kappa shape index (κ2) is 4.18. The predicted octanol–water partition coefficient (Wildman–Crippen LogP) is 2.74. The van der Waals surface area contributed by atoms with E-state index in [0.717, 1.165) is 12.1 Å². The minimum atomic E-state index is -4.51. The summed E-state index contributed by atoms with van der Waals surface area (Å²) in [7, 11) is 0. The van der Waals surface area contributed by atoms with Crippen molar-refractivity contribution in [1.82, 2.24) is 0 Å². The lowest BCUT2D eigenvalue weighted by molar-refractivity contribution is -0.148. The van der Waals surface area contributed by atoms with Crippen LogP contribution in [0.3, 0.4) is 0 Å². The van der Waals surface area contributed by atoms with Crippen LogP contribution in [-0.2, 0) is 0 Å². The van der Waals surface area contributed by atoms with E-state index in [4.69, 9.17) is 5.73 Å². The first-order chi connectivity index (χ1) is 6.86. The van der Waals surface area contributed by atoms with E-state index in [1.54, 1.807) is 6.92 Å². The largest absolute Gasteiger partial charge is 0.397 e. The van der Waals surface area contributed by atoms with Crippen molar-refractivity contribution in [2.45, 2.75) is 19.0 Å².